The van der Waals surface area contributed by atoms with Gasteiger partial charge in [0, 0.05) is 5.69 Å². The van der Waals surface area contributed by atoms with Crippen LogP contribution in [0.3, 0.4) is 0 Å². The number of hydrogen-bond donors (Lipinski definition) is 1. The maximum absolute atomic E-state index is 12.2. The van der Waals surface area contributed by atoms with Crippen molar-refractivity contribution in [3.63, 3.8) is 0 Å². The lowest BCUT2D eigenvalue weighted by atomic mass is 10.2. The maximum atomic E-state index is 12.2. The molecule has 1 N–H and O–H groups in total. The minimum Gasteiger partial charge on any atom is -0.452 e. The minimum absolute atomic E-state index is 0.313. The first-order valence-electron chi connectivity index (χ1n) is 8.68. The Bertz CT molecular complexity index is 1100. The van der Waals surface area contributed by atoms with Crippen LogP contribution in [0.1, 0.15) is 27.3 Å². The van der Waals surface area contributed by atoms with E-state index in [-0.39, 0.29) is 0 Å². The van der Waals surface area contributed by atoms with Crippen molar-refractivity contribution in [1.82, 2.24) is 9.78 Å². The van der Waals surface area contributed by atoms with E-state index in [1.165, 1.54) is 0 Å². The summed E-state index contributed by atoms with van der Waals surface area (Å²) < 4.78 is 6.74. The van der Waals surface area contributed by atoms with Gasteiger partial charge in [0.2, 0.25) is 0 Å². The van der Waals surface area contributed by atoms with E-state index in [1.807, 2.05) is 19.9 Å². The Morgan fingerprint density at radius 2 is 1.79 bits per heavy atom. The number of amides is 1. The van der Waals surface area contributed by atoms with Gasteiger partial charge in [0.25, 0.3) is 5.91 Å². The molecule has 2 aromatic carbocycles. The van der Waals surface area contributed by atoms with Crippen molar-refractivity contribution in [3.8, 4) is 11.8 Å². The number of nitrogens with one attached hydrogen (secondary N) is 1. The van der Waals surface area contributed by atoms with Gasteiger partial charge in [-0.05, 0) is 62.4 Å². The lowest BCUT2D eigenvalue weighted by Crippen LogP contribution is -2.20. The highest BCUT2D eigenvalue weighted by Crippen LogP contribution is 2.22. The maximum Gasteiger partial charge on any atom is 0.338 e. The molecule has 1 heterocycles. The molecule has 29 heavy (non-hydrogen) atoms. The number of ether oxygens (including phenoxy) is 1. The molecule has 0 atom stereocenters. The molecule has 3 rings (SSSR count). The van der Waals surface area contributed by atoms with Crippen molar-refractivity contribution >= 4 is 29.2 Å². The van der Waals surface area contributed by atoms with E-state index >= 15 is 0 Å². The molecule has 0 saturated heterocycles. The van der Waals surface area contributed by atoms with E-state index in [0.717, 1.165) is 17.1 Å². The first-order chi connectivity index (χ1) is 13.9. The summed E-state index contributed by atoms with van der Waals surface area (Å²) in [7, 11) is 0. The summed E-state index contributed by atoms with van der Waals surface area (Å²) in [6.45, 7) is 3.26. The van der Waals surface area contributed by atoms with Crippen LogP contribution in [0, 0.1) is 25.2 Å². The van der Waals surface area contributed by atoms with Crippen molar-refractivity contribution in [2.24, 2.45) is 0 Å². The molecule has 0 saturated carbocycles. The second-order valence-electron chi connectivity index (χ2n) is 6.26. The SMILES string of the molecule is Cc1nn(-c2ccc(C(=O)OCC(=O)Nc3ccc(C#N)cc3)cc2)c(C)c1Cl. The highest BCUT2D eigenvalue weighted by Gasteiger charge is 2.13. The molecular weight excluding hydrogens is 392 g/mol. The zero-order valence-electron chi connectivity index (χ0n) is 15.8. The second kappa shape index (κ2) is 8.59. The third kappa shape index (κ3) is 4.62. The fourth-order valence-electron chi connectivity index (χ4n) is 2.65. The van der Waals surface area contributed by atoms with Gasteiger partial charge in [-0.1, -0.05) is 11.6 Å². The van der Waals surface area contributed by atoms with Gasteiger partial charge < -0.3 is 10.1 Å². The number of nitriles is 1. The molecule has 3 aromatic rings. The Balaban J connectivity index is 1.58. The zero-order valence-corrected chi connectivity index (χ0v) is 16.5. The number of aromatic nitrogens is 2. The smallest absolute Gasteiger partial charge is 0.338 e. The monoisotopic (exact) mass is 408 g/mol. The molecule has 1 amide bonds. The van der Waals surface area contributed by atoms with Crippen LogP contribution in [0.4, 0.5) is 5.69 Å². The van der Waals surface area contributed by atoms with Crippen molar-refractivity contribution in [2.45, 2.75) is 13.8 Å². The summed E-state index contributed by atoms with van der Waals surface area (Å²) >= 11 is 6.16. The van der Waals surface area contributed by atoms with E-state index in [2.05, 4.69) is 10.4 Å². The lowest BCUT2D eigenvalue weighted by molar-refractivity contribution is -0.119. The lowest BCUT2D eigenvalue weighted by Gasteiger charge is -2.08. The second-order valence-corrected chi connectivity index (χ2v) is 6.63. The fourth-order valence-corrected chi connectivity index (χ4v) is 2.77. The Morgan fingerprint density at radius 1 is 1.14 bits per heavy atom. The molecule has 0 fully saturated rings. The number of aryl methyl sites for hydroxylation is 1. The highest BCUT2D eigenvalue weighted by atomic mass is 35.5. The van der Waals surface area contributed by atoms with Crippen LogP contribution >= 0.6 is 11.6 Å². The molecule has 0 aliphatic heterocycles. The molecule has 0 aliphatic rings. The van der Waals surface area contributed by atoms with Crippen LogP contribution in [0.5, 0.6) is 0 Å². The molecule has 0 spiro atoms. The van der Waals surface area contributed by atoms with E-state index in [1.54, 1.807) is 53.2 Å². The summed E-state index contributed by atoms with van der Waals surface area (Å²) in [5.41, 5.74) is 3.60. The number of esters is 1. The van der Waals surface area contributed by atoms with Gasteiger partial charge in [-0.2, -0.15) is 10.4 Å². The number of halogens is 1. The first-order valence-corrected chi connectivity index (χ1v) is 9.06. The van der Waals surface area contributed by atoms with Gasteiger partial charge in [-0.15, -0.1) is 0 Å². The molecule has 0 bridgehead atoms. The topological polar surface area (TPSA) is 97.0 Å². The van der Waals surface area contributed by atoms with Crippen LogP contribution in [-0.4, -0.2) is 28.3 Å². The largest absolute Gasteiger partial charge is 0.452 e. The van der Waals surface area contributed by atoms with Gasteiger partial charge in [-0.25, -0.2) is 9.48 Å². The molecular formula is C21H17ClN4O3. The van der Waals surface area contributed by atoms with Crippen LogP contribution < -0.4 is 5.32 Å². The third-order valence-electron chi connectivity index (χ3n) is 4.18. The summed E-state index contributed by atoms with van der Waals surface area (Å²) in [5, 5.41) is 16.3. The van der Waals surface area contributed by atoms with E-state index in [0.29, 0.717) is 21.8 Å². The normalized spacial score (nSPS) is 10.3. The summed E-state index contributed by atoms with van der Waals surface area (Å²) in [6.07, 6.45) is 0. The van der Waals surface area contributed by atoms with Gasteiger partial charge in [0.1, 0.15) is 0 Å². The van der Waals surface area contributed by atoms with Gasteiger partial charge in [-0.3, -0.25) is 4.79 Å². The number of nitrogens with zero attached hydrogens (tertiary/aromatic N) is 3. The number of carbonyl (C=O) groups is 2. The van der Waals surface area contributed by atoms with E-state index in [4.69, 9.17) is 21.6 Å². The number of carbonyl (C=O) groups excluding carboxylic acids is 2. The van der Waals surface area contributed by atoms with E-state index in [9.17, 15) is 9.59 Å². The first kappa shape index (κ1) is 20.1. The predicted molar refractivity (Wildman–Crippen MR) is 108 cm³/mol. The summed E-state index contributed by atoms with van der Waals surface area (Å²) in [4.78, 5) is 24.1. The summed E-state index contributed by atoms with van der Waals surface area (Å²) in [6, 6.07) is 15.0. The number of benzene rings is 2. The predicted octanol–water partition coefficient (Wildman–Crippen LogP) is 3.81. The molecule has 1 aromatic heterocycles. The molecule has 146 valence electrons. The molecule has 8 heteroatoms. The Labute approximate surface area is 172 Å². The summed E-state index contributed by atoms with van der Waals surface area (Å²) in [5.74, 6) is -1.09. The van der Waals surface area contributed by atoms with Crippen LogP contribution in [0.2, 0.25) is 5.02 Å². The average Bonchev–Trinajstić information content (AvgIpc) is 3.00. The van der Waals surface area contributed by atoms with Crippen LogP contribution in [-0.2, 0) is 9.53 Å². The van der Waals surface area contributed by atoms with Crippen LogP contribution in [0.15, 0.2) is 48.5 Å². The fraction of sp³-hybridized carbons (Fsp3) is 0.143. The van der Waals surface area contributed by atoms with Crippen molar-refractivity contribution in [1.29, 1.82) is 5.26 Å². The highest BCUT2D eigenvalue weighted by molar-refractivity contribution is 6.31. The Hall–Kier alpha value is -3.63. The standard InChI is InChI=1S/C21H17ClN4O3/c1-13-20(22)14(2)26(25-13)18-9-5-16(6-10-18)21(28)29-12-19(27)24-17-7-3-15(11-23)4-8-17/h3-10H,12H2,1-2H3,(H,24,27). The average molecular weight is 409 g/mol. The Kier molecular flexibility index (Phi) is 5.96. The van der Waals surface area contributed by atoms with Gasteiger partial charge in [0.05, 0.1) is 39.3 Å². The zero-order chi connectivity index (χ0) is 21.0. The van der Waals surface area contributed by atoms with E-state index < -0.39 is 18.5 Å². The third-order valence-corrected chi connectivity index (χ3v) is 4.73. The van der Waals surface area contributed by atoms with Gasteiger partial charge in [0.15, 0.2) is 6.61 Å². The van der Waals surface area contributed by atoms with Crippen molar-refractivity contribution < 1.29 is 14.3 Å². The number of anilines is 1. The van der Waals surface area contributed by atoms with Gasteiger partial charge >= 0.3 is 5.97 Å². The van der Waals surface area contributed by atoms with Crippen molar-refractivity contribution in [3.05, 3.63) is 76.1 Å². The van der Waals surface area contributed by atoms with Crippen molar-refractivity contribution in [2.75, 3.05) is 11.9 Å². The quantitative estimate of drug-likeness (QED) is 0.647. The Morgan fingerprint density at radius 3 is 2.34 bits per heavy atom. The van der Waals surface area contributed by atoms with Crippen LogP contribution in [0.25, 0.3) is 5.69 Å². The molecule has 0 radical (unpaired) electrons. The molecule has 0 unspecified atom stereocenters. The number of rotatable bonds is 5. The minimum atomic E-state index is -0.613. The number of hydrogen-bond acceptors (Lipinski definition) is 5. The molecule has 0 aliphatic carbocycles. The molecule has 7 nitrogen and oxygen atoms in total.